The fraction of sp³-hybridized carbons (Fsp3) is 0.900. The van der Waals surface area contributed by atoms with Gasteiger partial charge in [0, 0.05) is 19.0 Å². The number of carbonyl (C=O) groups is 2. The highest BCUT2D eigenvalue weighted by Gasteiger charge is 2.17. The monoisotopic (exact) mass is 652 g/mol. The van der Waals surface area contributed by atoms with E-state index in [2.05, 4.69) is 25.7 Å². The average Bonchev–Trinajstić information content (AvgIpc) is 3.03. The van der Waals surface area contributed by atoms with Crippen molar-refractivity contribution in [1.29, 1.82) is 0 Å². The minimum atomic E-state index is -0.609. The van der Waals surface area contributed by atoms with Crippen LogP contribution < -0.4 is 0 Å². The van der Waals surface area contributed by atoms with E-state index in [9.17, 15) is 9.59 Å². The second kappa shape index (κ2) is 34.8. The summed E-state index contributed by atoms with van der Waals surface area (Å²) in [5, 5.41) is 0. The molecule has 46 heavy (non-hydrogen) atoms. The van der Waals surface area contributed by atoms with Crippen LogP contribution in [-0.2, 0) is 19.0 Å². The summed E-state index contributed by atoms with van der Waals surface area (Å²) in [4.78, 5) is 27.3. The quantitative estimate of drug-likeness (QED) is 0.0392. The number of rotatable bonds is 34. The van der Waals surface area contributed by atoms with Gasteiger partial charge in [0.05, 0.1) is 13.2 Å². The zero-order chi connectivity index (χ0) is 33.9. The molecule has 0 aromatic heterocycles. The number of hydrogen-bond acceptors (Lipinski definition) is 6. The lowest BCUT2D eigenvalue weighted by Gasteiger charge is -2.18. The van der Waals surface area contributed by atoms with Gasteiger partial charge in [-0.3, -0.25) is 0 Å². The van der Waals surface area contributed by atoms with Crippen LogP contribution >= 0.6 is 0 Å². The van der Waals surface area contributed by atoms with E-state index >= 15 is 0 Å². The molecular weight excluding hydrogens is 574 g/mol. The summed E-state index contributed by atoms with van der Waals surface area (Å²) >= 11 is 0. The first-order valence-electron chi connectivity index (χ1n) is 19.8. The van der Waals surface area contributed by atoms with Crippen molar-refractivity contribution in [2.45, 2.75) is 200 Å². The summed E-state index contributed by atoms with van der Waals surface area (Å²) in [5.41, 5.74) is 1.23. The Labute approximate surface area is 286 Å². The lowest BCUT2D eigenvalue weighted by molar-refractivity contribution is -0.138. The maximum atomic E-state index is 12.8. The molecule has 0 radical (unpaired) electrons. The van der Waals surface area contributed by atoms with E-state index in [4.69, 9.17) is 14.2 Å². The van der Waals surface area contributed by atoms with Crippen LogP contribution in [0.5, 0.6) is 0 Å². The van der Waals surface area contributed by atoms with Gasteiger partial charge in [-0.2, -0.15) is 0 Å². The molecule has 0 aliphatic rings. The Balaban J connectivity index is 4.79. The number of esters is 1. The van der Waals surface area contributed by atoms with Gasteiger partial charge in [-0.1, -0.05) is 148 Å². The maximum absolute atomic E-state index is 12.8. The van der Waals surface area contributed by atoms with Crippen molar-refractivity contribution in [3.63, 3.8) is 0 Å². The van der Waals surface area contributed by atoms with E-state index in [-0.39, 0.29) is 18.7 Å². The number of unbranched alkanes of at least 4 members (excludes halogenated alkanes) is 19. The summed E-state index contributed by atoms with van der Waals surface area (Å²) in [6.45, 7) is 8.22. The third-order valence-corrected chi connectivity index (χ3v) is 8.82. The predicted octanol–water partition coefficient (Wildman–Crippen LogP) is 12.1. The topological polar surface area (TPSA) is 65.1 Å². The number of carbonyl (C=O) groups excluding carboxylic acids is 2. The van der Waals surface area contributed by atoms with Gasteiger partial charge >= 0.3 is 12.1 Å². The van der Waals surface area contributed by atoms with Gasteiger partial charge in [0.2, 0.25) is 0 Å². The molecule has 0 heterocycles. The van der Waals surface area contributed by atoms with E-state index in [0.717, 1.165) is 57.9 Å². The van der Waals surface area contributed by atoms with Crippen LogP contribution in [-0.4, -0.2) is 57.0 Å². The summed E-state index contributed by atoms with van der Waals surface area (Å²) in [6, 6.07) is 0. The summed E-state index contributed by atoms with van der Waals surface area (Å²) in [5.74, 6) is -0.254. The Bertz CT molecular complexity index is 690. The summed E-state index contributed by atoms with van der Waals surface area (Å²) in [6.07, 6.45) is 32.6. The summed E-state index contributed by atoms with van der Waals surface area (Å²) < 4.78 is 16.7. The van der Waals surface area contributed by atoms with Crippen LogP contribution in [0.4, 0.5) is 4.79 Å². The maximum Gasteiger partial charge on any atom is 0.508 e. The molecule has 0 bridgehead atoms. The van der Waals surface area contributed by atoms with Crippen molar-refractivity contribution < 1.29 is 23.8 Å². The molecule has 0 aliphatic carbocycles. The fourth-order valence-corrected chi connectivity index (χ4v) is 5.86. The van der Waals surface area contributed by atoms with Crippen LogP contribution in [0.3, 0.4) is 0 Å². The first kappa shape index (κ1) is 44.4. The number of hydrogen-bond donors (Lipinski definition) is 0. The van der Waals surface area contributed by atoms with Crippen LogP contribution in [0, 0.1) is 0 Å². The van der Waals surface area contributed by atoms with E-state index < -0.39 is 6.16 Å². The Hall–Kier alpha value is -1.56. The van der Waals surface area contributed by atoms with Gasteiger partial charge < -0.3 is 19.1 Å². The average molecular weight is 652 g/mol. The third-order valence-electron chi connectivity index (χ3n) is 8.82. The van der Waals surface area contributed by atoms with Crippen LogP contribution in [0.15, 0.2) is 11.6 Å². The van der Waals surface area contributed by atoms with Gasteiger partial charge in [-0.25, -0.2) is 9.59 Å². The van der Waals surface area contributed by atoms with E-state index in [1.165, 1.54) is 121 Å². The lowest BCUT2D eigenvalue weighted by Crippen LogP contribution is -2.23. The van der Waals surface area contributed by atoms with Crippen molar-refractivity contribution in [2.24, 2.45) is 0 Å². The Morgan fingerprint density at radius 1 is 0.543 bits per heavy atom. The molecule has 0 saturated heterocycles. The van der Waals surface area contributed by atoms with Gasteiger partial charge in [0.1, 0.15) is 6.10 Å². The highest BCUT2D eigenvalue weighted by molar-refractivity contribution is 5.82. The molecular formula is C40H77NO5. The zero-order valence-electron chi connectivity index (χ0n) is 31.4. The highest BCUT2D eigenvalue weighted by Crippen LogP contribution is 2.20. The van der Waals surface area contributed by atoms with E-state index in [1.54, 1.807) is 6.08 Å². The minimum absolute atomic E-state index is 0.254. The standard InChI is InChI=1S/C40H77NO5/c1-6-9-12-15-18-19-20-21-24-27-31-38(46-40(43)45-34-28-33-41(4)5)32-35-44-39(42)36-37(29-25-22-16-13-10-7-2)30-26-23-17-14-11-8-3/h36,38H,6-35H2,1-5H3. The van der Waals surface area contributed by atoms with Crippen LogP contribution in [0.1, 0.15) is 194 Å². The largest absolute Gasteiger partial charge is 0.508 e. The molecule has 0 aromatic carbocycles. The molecule has 0 rings (SSSR count). The second-order valence-corrected chi connectivity index (χ2v) is 13.8. The SMILES string of the molecule is CCCCCCCCCCCCC(CCOC(=O)C=C(CCCCCCCC)CCCCCCCC)OC(=O)OCCCN(C)C. The molecule has 1 atom stereocenters. The molecule has 1 unspecified atom stereocenters. The predicted molar refractivity (Wildman–Crippen MR) is 195 cm³/mol. The van der Waals surface area contributed by atoms with Gasteiger partial charge in [0.15, 0.2) is 0 Å². The molecule has 0 aliphatic heterocycles. The molecule has 0 saturated carbocycles. The number of ether oxygens (including phenoxy) is 3. The van der Waals surface area contributed by atoms with Crippen LogP contribution in [0.2, 0.25) is 0 Å². The third kappa shape index (κ3) is 32.4. The minimum Gasteiger partial charge on any atom is -0.462 e. The molecule has 272 valence electrons. The second-order valence-electron chi connectivity index (χ2n) is 13.8. The van der Waals surface area contributed by atoms with Gasteiger partial charge in [-0.15, -0.1) is 0 Å². The Morgan fingerprint density at radius 3 is 1.48 bits per heavy atom. The van der Waals surface area contributed by atoms with Crippen molar-refractivity contribution in [3.8, 4) is 0 Å². The van der Waals surface area contributed by atoms with Gasteiger partial charge in [-0.05, 0) is 59.0 Å². The molecule has 0 spiro atoms. The molecule has 0 N–H and O–H groups in total. The molecule has 0 aromatic rings. The number of allylic oxidation sites excluding steroid dienone is 1. The highest BCUT2D eigenvalue weighted by atomic mass is 16.7. The first-order chi connectivity index (χ1) is 22.4. The number of nitrogens with zero attached hydrogens (tertiary/aromatic N) is 1. The van der Waals surface area contributed by atoms with Gasteiger partial charge in [0.25, 0.3) is 0 Å². The molecule has 6 heteroatoms. The van der Waals surface area contributed by atoms with Crippen molar-refractivity contribution in [3.05, 3.63) is 11.6 Å². The molecule has 6 nitrogen and oxygen atoms in total. The Morgan fingerprint density at radius 2 is 1.00 bits per heavy atom. The van der Waals surface area contributed by atoms with E-state index in [1.807, 2.05) is 14.1 Å². The fourth-order valence-electron chi connectivity index (χ4n) is 5.86. The molecule has 0 fully saturated rings. The molecule has 0 amide bonds. The van der Waals surface area contributed by atoms with Crippen molar-refractivity contribution >= 4 is 12.1 Å². The van der Waals surface area contributed by atoms with Crippen molar-refractivity contribution in [1.82, 2.24) is 4.90 Å². The van der Waals surface area contributed by atoms with Crippen molar-refractivity contribution in [2.75, 3.05) is 33.9 Å². The first-order valence-corrected chi connectivity index (χ1v) is 19.8. The Kier molecular flexibility index (Phi) is 33.6. The normalized spacial score (nSPS) is 11.9. The van der Waals surface area contributed by atoms with Crippen LogP contribution in [0.25, 0.3) is 0 Å². The smallest absolute Gasteiger partial charge is 0.462 e. The zero-order valence-corrected chi connectivity index (χ0v) is 31.4. The summed E-state index contributed by atoms with van der Waals surface area (Å²) in [7, 11) is 4.01. The van der Waals surface area contributed by atoms with E-state index in [0.29, 0.717) is 13.0 Å². The lowest BCUT2D eigenvalue weighted by atomic mass is 9.99.